The lowest BCUT2D eigenvalue weighted by Crippen LogP contribution is -2.21. The van der Waals surface area contributed by atoms with Gasteiger partial charge in [0, 0.05) is 17.8 Å². The van der Waals surface area contributed by atoms with Crippen LogP contribution >= 0.6 is 11.6 Å². The fourth-order valence-corrected chi connectivity index (χ4v) is 2.41. The maximum Gasteiger partial charge on any atom is 0.340 e. The van der Waals surface area contributed by atoms with E-state index in [1.165, 1.54) is 19.2 Å². The molecule has 27 heavy (non-hydrogen) atoms. The molecule has 0 saturated carbocycles. The topological polar surface area (TPSA) is 108 Å². The summed E-state index contributed by atoms with van der Waals surface area (Å²) in [6, 6.07) is 5.67. The van der Waals surface area contributed by atoms with Gasteiger partial charge in [0.2, 0.25) is 0 Å². The summed E-state index contributed by atoms with van der Waals surface area (Å²) in [6.45, 7) is 0.928. The van der Waals surface area contributed by atoms with Gasteiger partial charge in [-0.25, -0.2) is 9.18 Å². The molecule has 2 aromatic carbocycles. The Balaban J connectivity index is 2.05. The molecule has 8 nitrogen and oxygen atoms in total. The number of nitrogens with zero attached hydrogens (tertiary/aromatic N) is 1. The highest BCUT2D eigenvalue weighted by atomic mass is 35.5. The average Bonchev–Trinajstić information content (AvgIpc) is 2.60. The van der Waals surface area contributed by atoms with Crippen molar-refractivity contribution in [2.45, 2.75) is 6.92 Å². The van der Waals surface area contributed by atoms with Crippen molar-refractivity contribution in [3.05, 3.63) is 62.4 Å². The Hall–Kier alpha value is -3.20. The van der Waals surface area contributed by atoms with E-state index in [0.29, 0.717) is 5.56 Å². The number of amides is 1. The molecule has 0 atom stereocenters. The summed E-state index contributed by atoms with van der Waals surface area (Å²) in [5.41, 5.74) is 0.353. The van der Waals surface area contributed by atoms with E-state index < -0.39 is 29.2 Å². The number of benzene rings is 2. The summed E-state index contributed by atoms with van der Waals surface area (Å²) in [6.07, 6.45) is 0. The molecule has 0 aliphatic rings. The molecule has 1 amide bonds. The molecule has 0 aromatic heterocycles. The van der Waals surface area contributed by atoms with Crippen LogP contribution in [0.4, 0.5) is 15.8 Å². The Bertz CT molecular complexity index is 919. The summed E-state index contributed by atoms with van der Waals surface area (Å²) in [5.74, 6) is -2.22. The number of nitro groups is 1. The van der Waals surface area contributed by atoms with E-state index in [4.69, 9.17) is 21.1 Å². The third kappa shape index (κ3) is 4.91. The van der Waals surface area contributed by atoms with Gasteiger partial charge in [0.1, 0.15) is 5.82 Å². The van der Waals surface area contributed by atoms with Gasteiger partial charge >= 0.3 is 11.7 Å². The minimum absolute atomic E-state index is 0.0315. The summed E-state index contributed by atoms with van der Waals surface area (Å²) >= 11 is 5.75. The Kier molecular flexibility index (Phi) is 6.30. The monoisotopic (exact) mass is 396 g/mol. The highest BCUT2D eigenvalue weighted by molar-refractivity contribution is 6.33. The molecule has 2 aromatic rings. The Morgan fingerprint density at radius 2 is 2.00 bits per heavy atom. The molecule has 0 spiro atoms. The van der Waals surface area contributed by atoms with Crippen molar-refractivity contribution in [2.75, 3.05) is 19.0 Å². The molecular formula is C17H14ClFN2O6. The largest absolute Gasteiger partial charge is 0.490 e. The van der Waals surface area contributed by atoms with E-state index in [1.54, 1.807) is 6.92 Å². The zero-order valence-electron chi connectivity index (χ0n) is 14.2. The first-order chi connectivity index (χ1) is 12.7. The number of methoxy groups -OCH3 is 1. The minimum atomic E-state index is -0.895. The molecule has 1 N–H and O–H groups in total. The summed E-state index contributed by atoms with van der Waals surface area (Å²) in [5, 5.41) is 13.3. The van der Waals surface area contributed by atoms with Crippen molar-refractivity contribution < 1.29 is 28.4 Å². The molecule has 0 fully saturated rings. The minimum Gasteiger partial charge on any atom is -0.490 e. The van der Waals surface area contributed by atoms with Crippen LogP contribution in [0.3, 0.4) is 0 Å². The predicted octanol–water partition coefficient (Wildman–Crippen LogP) is 3.50. The lowest BCUT2D eigenvalue weighted by Gasteiger charge is -2.11. The van der Waals surface area contributed by atoms with Crippen molar-refractivity contribution >= 4 is 34.9 Å². The zero-order valence-corrected chi connectivity index (χ0v) is 15.0. The van der Waals surface area contributed by atoms with Gasteiger partial charge in [-0.2, -0.15) is 0 Å². The van der Waals surface area contributed by atoms with Gasteiger partial charge in [-0.3, -0.25) is 14.9 Å². The van der Waals surface area contributed by atoms with E-state index in [1.807, 2.05) is 0 Å². The van der Waals surface area contributed by atoms with Crippen LogP contribution in [0.2, 0.25) is 5.02 Å². The lowest BCUT2D eigenvalue weighted by atomic mass is 10.1. The van der Waals surface area contributed by atoms with Gasteiger partial charge in [-0.15, -0.1) is 0 Å². The predicted molar refractivity (Wildman–Crippen MR) is 94.7 cm³/mol. The van der Waals surface area contributed by atoms with E-state index in [-0.39, 0.29) is 27.7 Å². The van der Waals surface area contributed by atoms with Crippen molar-refractivity contribution in [3.8, 4) is 5.75 Å². The lowest BCUT2D eigenvalue weighted by molar-refractivity contribution is -0.385. The number of carbonyl (C=O) groups is 2. The third-order valence-electron chi connectivity index (χ3n) is 3.48. The molecule has 10 heteroatoms. The number of ether oxygens (including phenoxy) is 2. The van der Waals surface area contributed by atoms with Crippen LogP contribution in [0.5, 0.6) is 5.75 Å². The molecule has 0 radical (unpaired) electrons. The average molecular weight is 397 g/mol. The number of halogens is 2. The number of carbonyl (C=O) groups excluding carboxylic acids is 2. The first kappa shape index (κ1) is 20.1. The second kappa shape index (κ2) is 8.45. The van der Waals surface area contributed by atoms with Crippen LogP contribution in [0, 0.1) is 22.9 Å². The zero-order chi connectivity index (χ0) is 20.1. The number of hydrogen-bond acceptors (Lipinski definition) is 6. The van der Waals surface area contributed by atoms with Gasteiger partial charge in [0.25, 0.3) is 5.91 Å². The number of nitrogens with one attached hydrogen (secondary N) is 1. The molecule has 142 valence electrons. The molecule has 0 bridgehead atoms. The van der Waals surface area contributed by atoms with Crippen molar-refractivity contribution in [3.63, 3.8) is 0 Å². The van der Waals surface area contributed by atoms with E-state index in [0.717, 1.165) is 18.2 Å². The van der Waals surface area contributed by atoms with Crippen molar-refractivity contribution in [1.82, 2.24) is 0 Å². The van der Waals surface area contributed by atoms with Gasteiger partial charge < -0.3 is 14.8 Å². The van der Waals surface area contributed by atoms with Crippen LogP contribution in [-0.2, 0) is 9.53 Å². The number of hydrogen-bond donors (Lipinski definition) is 1. The highest BCUT2D eigenvalue weighted by Gasteiger charge is 2.19. The molecule has 0 unspecified atom stereocenters. The molecule has 0 heterocycles. The standard InChI is InChI=1S/C17H14ClFN2O6/c1-9-5-14(21(24)25)15(26-2)7-13(9)20-16(22)8-27-17(23)11-4-3-10(19)6-12(11)18/h3-7H,8H2,1-2H3,(H,20,22). The molecule has 0 saturated heterocycles. The smallest absolute Gasteiger partial charge is 0.340 e. The Morgan fingerprint density at radius 1 is 1.30 bits per heavy atom. The second-order valence-electron chi connectivity index (χ2n) is 5.34. The first-order valence-corrected chi connectivity index (χ1v) is 7.85. The maximum absolute atomic E-state index is 13.0. The quantitative estimate of drug-likeness (QED) is 0.455. The number of rotatable bonds is 6. The van der Waals surface area contributed by atoms with Crippen LogP contribution in [0.25, 0.3) is 0 Å². The van der Waals surface area contributed by atoms with Crippen LogP contribution in [-0.4, -0.2) is 30.5 Å². The molecule has 0 aliphatic carbocycles. The second-order valence-corrected chi connectivity index (χ2v) is 5.75. The fourth-order valence-electron chi connectivity index (χ4n) is 2.16. The van der Waals surface area contributed by atoms with Crippen LogP contribution in [0.1, 0.15) is 15.9 Å². The van der Waals surface area contributed by atoms with Crippen molar-refractivity contribution in [2.24, 2.45) is 0 Å². The van der Waals surface area contributed by atoms with Gasteiger partial charge in [-0.05, 0) is 30.7 Å². The Labute approximate surface area is 158 Å². The third-order valence-corrected chi connectivity index (χ3v) is 3.79. The van der Waals surface area contributed by atoms with E-state index in [2.05, 4.69) is 5.32 Å². The summed E-state index contributed by atoms with van der Waals surface area (Å²) < 4.78 is 22.8. The maximum atomic E-state index is 13.0. The summed E-state index contributed by atoms with van der Waals surface area (Å²) in [7, 11) is 1.26. The SMILES string of the molecule is COc1cc(NC(=O)COC(=O)c2ccc(F)cc2Cl)c(C)cc1[N+](=O)[O-]. The molecule has 0 aliphatic heterocycles. The van der Waals surface area contributed by atoms with Crippen LogP contribution in [0.15, 0.2) is 30.3 Å². The summed E-state index contributed by atoms with van der Waals surface area (Å²) in [4.78, 5) is 34.3. The number of aryl methyl sites for hydroxylation is 1. The van der Waals surface area contributed by atoms with Gasteiger partial charge in [-0.1, -0.05) is 11.6 Å². The molecule has 2 rings (SSSR count). The number of anilines is 1. The number of esters is 1. The first-order valence-electron chi connectivity index (χ1n) is 7.48. The van der Waals surface area contributed by atoms with Gasteiger partial charge in [0.05, 0.1) is 22.6 Å². The normalized spacial score (nSPS) is 10.2. The van der Waals surface area contributed by atoms with Crippen LogP contribution < -0.4 is 10.1 Å². The van der Waals surface area contributed by atoms with Crippen molar-refractivity contribution in [1.29, 1.82) is 0 Å². The number of nitro benzene ring substituents is 1. The highest BCUT2D eigenvalue weighted by Crippen LogP contribution is 2.32. The fraction of sp³-hybridized carbons (Fsp3) is 0.176. The Morgan fingerprint density at radius 3 is 2.59 bits per heavy atom. The van der Waals surface area contributed by atoms with E-state index in [9.17, 15) is 24.1 Å². The van der Waals surface area contributed by atoms with E-state index >= 15 is 0 Å². The molecular weight excluding hydrogens is 383 g/mol. The van der Waals surface area contributed by atoms with Gasteiger partial charge in [0.15, 0.2) is 12.4 Å².